The molecule has 0 spiro atoms. The van der Waals surface area contributed by atoms with Crippen LogP contribution >= 0.6 is 0 Å². The number of hydrogen-bond donors (Lipinski definition) is 1. The van der Waals surface area contributed by atoms with Crippen molar-refractivity contribution in [3.63, 3.8) is 0 Å². The Morgan fingerprint density at radius 3 is 2.67 bits per heavy atom. The minimum atomic E-state index is 0.450. The third kappa shape index (κ3) is 1.67. The van der Waals surface area contributed by atoms with Gasteiger partial charge in [-0.25, -0.2) is 0 Å². The molecule has 0 unspecified atom stereocenters. The van der Waals surface area contributed by atoms with E-state index in [1.165, 1.54) is 11.9 Å². The second-order valence-electron chi connectivity index (χ2n) is 3.16. The average molecular weight is 166 g/mol. The van der Waals surface area contributed by atoms with Gasteiger partial charge in [-0.2, -0.15) is 0 Å². The van der Waals surface area contributed by atoms with Crippen LogP contribution in [0.1, 0.15) is 31.1 Å². The van der Waals surface area contributed by atoms with Crippen LogP contribution in [0, 0.1) is 6.92 Å². The number of oxime groups is 1. The van der Waals surface area contributed by atoms with Crippen LogP contribution in [0.2, 0.25) is 0 Å². The molecule has 0 saturated carbocycles. The van der Waals surface area contributed by atoms with Gasteiger partial charge in [0.05, 0.1) is 6.21 Å². The summed E-state index contributed by atoms with van der Waals surface area (Å²) >= 11 is 0. The fourth-order valence-corrected chi connectivity index (χ4v) is 1.31. The molecule has 0 aromatic carbocycles. The molecule has 66 valence electrons. The van der Waals surface area contributed by atoms with Crippen LogP contribution in [0.15, 0.2) is 17.4 Å². The van der Waals surface area contributed by atoms with Crippen LogP contribution in [-0.4, -0.2) is 16.0 Å². The van der Waals surface area contributed by atoms with Crippen molar-refractivity contribution in [3.05, 3.63) is 23.5 Å². The first-order chi connectivity index (χ1) is 5.65. The minimum absolute atomic E-state index is 0.450. The zero-order chi connectivity index (χ0) is 9.14. The van der Waals surface area contributed by atoms with Crippen molar-refractivity contribution < 1.29 is 5.21 Å². The van der Waals surface area contributed by atoms with Gasteiger partial charge in [0.2, 0.25) is 0 Å². The molecule has 0 aliphatic rings. The van der Waals surface area contributed by atoms with Gasteiger partial charge >= 0.3 is 0 Å². The predicted molar refractivity (Wildman–Crippen MR) is 48.9 cm³/mol. The molecule has 0 atom stereocenters. The van der Waals surface area contributed by atoms with Crippen molar-refractivity contribution in [2.24, 2.45) is 5.16 Å². The lowest BCUT2D eigenvalue weighted by Gasteiger charge is -2.08. The van der Waals surface area contributed by atoms with Crippen molar-refractivity contribution in [1.29, 1.82) is 0 Å². The van der Waals surface area contributed by atoms with E-state index >= 15 is 0 Å². The molecule has 0 amide bonds. The van der Waals surface area contributed by atoms with E-state index in [9.17, 15) is 0 Å². The summed E-state index contributed by atoms with van der Waals surface area (Å²) in [5.41, 5.74) is 2.11. The molecule has 1 aromatic rings. The quantitative estimate of drug-likeness (QED) is 0.408. The summed E-state index contributed by atoms with van der Waals surface area (Å²) in [6.45, 7) is 6.27. The summed E-state index contributed by atoms with van der Waals surface area (Å²) in [6.07, 6.45) is 3.41. The Morgan fingerprint density at radius 1 is 1.58 bits per heavy atom. The van der Waals surface area contributed by atoms with E-state index in [-0.39, 0.29) is 0 Å². The van der Waals surface area contributed by atoms with Gasteiger partial charge in [-0.1, -0.05) is 5.16 Å². The number of aromatic nitrogens is 1. The van der Waals surface area contributed by atoms with Crippen molar-refractivity contribution in [2.45, 2.75) is 26.8 Å². The summed E-state index contributed by atoms with van der Waals surface area (Å²) in [5.74, 6) is 0. The lowest BCUT2D eigenvalue weighted by Crippen LogP contribution is -2.00. The van der Waals surface area contributed by atoms with Crippen molar-refractivity contribution in [3.8, 4) is 0 Å². The Hall–Kier alpha value is -1.25. The van der Waals surface area contributed by atoms with E-state index in [2.05, 4.69) is 23.6 Å². The Morgan fingerprint density at radius 2 is 2.25 bits per heavy atom. The minimum Gasteiger partial charge on any atom is -0.411 e. The molecule has 0 aliphatic carbocycles. The van der Waals surface area contributed by atoms with Crippen molar-refractivity contribution >= 4 is 6.21 Å². The normalized spacial score (nSPS) is 11.7. The molecule has 1 rings (SSSR count). The Kier molecular flexibility index (Phi) is 2.53. The van der Waals surface area contributed by atoms with Gasteiger partial charge < -0.3 is 9.77 Å². The van der Waals surface area contributed by atoms with Crippen LogP contribution in [0.5, 0.6) is 0 Å². The molecule has 0 bridgehead atoms. The third-order valence-corrected chi connectivity index (χ3v) is 1.83. The lowest BCUT2D eigenvalue weighted by molar-refractivity contribution is 0.322. The molecule has 1 heterocycles. The number of aryl methyl sites for hydroxylation is 1. The Balaban J connectivity index is 3.00. The highest BCUT2D eigenvalue weighted by Crippen LogP contribution is 2.12. The molecule has 3 heteroatoms. The summed E-state index contributed by atoms with van der Waals surface area (Å²) < 4.78 is 2.14. The topological polar surface area (TPSA) is 37.5 Å². The molecular formula is C9H14N2O. The molecule has 0 radical (unpaired) electrons. The van der Waals surface area contributed by atoms with E-state index in [1.807, 2.05) is 19.2 Å². The van der Waals surface area contributed by atoms with Crippen LogP contribution in [0.4, 0.5) is 0 Å². The standard InChI is InChI=1S/C9H14N2O/c1-7(2)11-6-9(5-10-12)4-8(11)3/h4-7,12H,1-3H3. The van der Waals surface area contributed by atoms with Crippen LogP contribution in [0.3, 0.4) is 0 Å². The zero-order valence-corrected chi connectivity index (χ0v) is 7.65. The maximum Gasteiger partial charge on any atom is 0.0749 e. The fourth-order valence-electron chi connectivity index (χ4n) is 1.31. The van der Waals surface area contributed by atoms with Gasteiger partial charge in [0.1, 0.15) is 0 Å². The molecule has 12 heavy (non-hydrogen) atoms. The van der Waals surface area contributed by atoms with Crippen LogP contribution in [0.25, 0.3) is 0 Å². The van der Waals surface area contributed by atoms with Gasteiger partial charge in [0, 0.05) is 23.5 Å². The summed E-state index contributed by atoms with van der Waals surface area (Å²) in [6, 6.07) is 2.44. The van der Waals surface area contributed by atoms with E-state index in [0.717, 1.165) is 5.56 Å². The second kappa shape index (κ2) is 3.43. The molecule has 1 N–H and O–H groups in total. The van der Waals surface area contributed by atoms with E-state index in [1.54, 1.807) is 0 Å². The van der Waals surface area contributed by atoms with Gasteiger partial charge in [0.25, 0.3) is 0 Å². The van der Waals surface area contributed by atoms with Crippen molar-refractivity contribution in [2.75, 3.05) is 0 Å². The highest BCUT2D eigenvalue weighted by molar-refractivity contribution is 5.79. The Bertz CT molecular complexity index is 287. The largest absolute Gasteiger partial charge is 0.411 e. The maximum atomic E-state index is 8.32. The highest BCUT2D eigenvalue weighted by Gasteiger charge is 2.02. The fraction of sp³-hybridized carbons (Fsp3) is 0.444. The van der Waals surface area contributed by atoms with Gasteiger partial charge in [-0.15, -0.1) is 0 Å². The van der Waals surface area contributed by atoms with E-state index in [4.69, 9.17) is 5.21 Å². The number of hydrogen-bond acceptors (Lipinski definition) is 2. The molecule has 0 saturated heterocycles. The Labute approximate surface area is 72.3 Å². The number of rotatable bonds is 2. The summed E-state index contributed by atoms with van der Waals surface area (Å²) in [4.78, 5) is 0. The summed E-state index contributed by atoms with van der Waals surface area (Å²) in [7, 11) is 0. The molecule has 0 aliphatic heterocycles. The highest BCUT2D eigenvalue weighted by atomic mass is 16.4. The van der Waals surface area contributed by atoms with E-state index in [0.29, 0.717) is 6.04 Å². The SMILES string of the molecule is Cc1cc(C=NO)cn1C(C)C. The lowest BCUT2D eigenvalue weighted by atomic mass is 10.3. The smallest absolute Gasteiger partial charge is 0.0749 e. The molecule has 0 fully saturated rings. The van der Waals surface area contributed by atoms with Crippen molar-refractivity contribution in [1.82, 2.24) is 4.57 Å². The second-order valence-corrected chi connectivity index (χ2v) is 3.16. The molecule has 1 aromatic heterocycles. The van der Waals surface area contributed by atoms with Gasteiger partial charge in [0.15, 0.2) is 0 Å². The van der Waals surface area contributed by atoms with Crippen LogP contribution in [-0.2, 0) is 0 Å². The first kappa shape index (κ1) is 8.84. The van der Waals surface area contributed by atoms with Crippen LogP contribution < -0.4 is 0 Å². The molecular weight excluding hydrogens is 152 g/mol. The van der Waals surface area contributed by atoms with Gasteiger partial charge in [-0.05, 0) is 26.8 Å². The molecule has 3 nitrogen and oxygen atoms in total. The van der Waals surface area contributed by atoms with Gasteiger partial charge in [-0.3, -0.25) is 0 Å². The summed E-state index contributed by atoms with van der Waals surface area (Å²) in [5, 5.41) is 11.3. The number of nitrogens with zero attached hydrogens (tertiary/aromatic N) is 2. The first-order valence-electron chi connectivity index (χ1n) is 4.01. The monoisotopic (exact) mass is 166 g/mol. The zero-order valence-electron chi connectivity index (χ0n) is 7.65. The average Bonchev–Trinajstić information content (AvgIpc) is 2.32. The predicted octanol–water partition coefficient (Wildman–Crippen LogP) is 2.19. The maximum absolute atomic E-state index is 8.32. The third-order valence-electron chi connectivity index (χ3n) is 1.83. The van der Waals surface area contributed by atoms with E-state index < -0.39 is 0 Å². The first-order valence-corrected chi connectivity index (χ1v) is 4.01.